The summed E-state index contributed by atoms with van der Waals surface area (Å²) in [5.41, 5.74) is 1.04. The second-order valence-electron chi connectivity index (χ2n) is 14.8. The van der Waals surface area contributed by atoms with E-state index in [9.17, 15) is 19.5 Å². The van der Waals surface area contributed by atoms with Gasteiger partial charge >= 0.3 is 5.97 Å². The van der Waals surface area contributed by atoms with Gasteiger partial charge < -0.3 is 34.6 Å². The molecule has 1 unspecified atom stereocenters. The molecule has 3 aliphatic heterocycles. The van der Waals surface area contributed by atoms with E-state index in [1.54, 1.807) is 17.1 Å². The van der Waals surface area contributed by atoms with E-state index in [2.05, 4.69) is 53.2 Å². The third-order valence-corrected chi connectivity index (χ3v) is 11.8. The number of carbonyl (C=O) groups is 4. The number of allylic oxidation sites excluding steroid dienone is 1. The number of alkyl halides is 1. The Morgan fingerprint density at radius 1 is 1.07 bits per heavy atom. The minimum absolute atomic E-state index is 0.0987. The van der Waals surface area contributed by atoms with E-state index in [1.807, 2.05) is 68.4 Å². The Morgan fingerprint density at radius 3 is 2.33 bits per heavy atom. The molecule has 0 saturated carbocycles. The van der Waals surface area contributed by atoms with E-state index in [0.717, 1.165) is 24.3 Å². The predicted octanol–water partition coefficient (Wildman–Crippen LogP) is 5.57. The zero-order chi connectivity index (χ0) is 39.2. The lowest BCUT2D eigenvalue weighted by Gasteiger charge is -2.40. The zero-order valence-corrected chi connectivity index (χ0v) is 33.5. The molecule has 12 heteroatoms. The molecule has 3 saturated heterocycles. The maximum atomic E-state index is 15.2. The number of rotatable bonds is 19. The minimum atomic E-state index is -1.35. The molecule has 0 aromatic heterocycles. The van der Waals surface area contributed by atoms with Crippen LogP contribution in [0.3, 0.4) is 0 Å². The number of benzene rings is 2. The highest BCUT2D eigenvalue weighted by molar-refractivity contribution is 9.09. The first-order chi connectivity index (χ1) is 26.0. The van der Waals surface area contributed by atoms with Crippen molar-refractivity contribution >= 4 is 51.0 Å². The number of hydrogen-bond acceptors (Lipinski definition) is 8. The number of likely N-dealkylation sites (tertiary alicyclic amines) is 1. The van der Waals surface area contributed by atoms with Crippen LogP contribution in [0, 0.1) is 17.8 Å². The van der Waals surface area contributed by atoms with Gasteiger partial charge in [-0.25, -0.2) is 0 Å². The first kappa shape index (κ1) is 41.2. The van der Waals surface area contributed by atoms with E-state index in [-0.39, 0.29) is 42.8 Å². The number of fused-ring (bicyclic) bond motifs is 1. The number of ether oxygens (including phenoxy) is 2. The van der Waals surface area contributed by atoms with Gasteiger partial charge in [-0.05, 0) is 68.9 Å². The predicted molar refractivity (Wildman–Crippen MR) is 213 cm³/mol. The van der Waals surface area contributed by atoms with Crippen LogP contribution < -0.4 is 15.1 Å². The second-order valence-corrected chi connectivity index (χ2v) is 16.0. The summed E-state index contributed by atoms with van der Waals surface area (Å²) in [4.78, 5) is 62.1. The van der Waals surface area contributed by atoms with E-state index < -0.39 is 59.5 Å². The molecule has 0 aliphatic carbocycles. The Bertz CT molecular complexity index is 1650. The van der Waals surface area contributed by atoms with Crippen molar-refractivity contribution in [2.24, 2.45) is 17.8 Å². The Labute approximate surface area is 327 Å². The molecular weight excluding hydrogens is 752 g/mol. The van der Waals surface area contributed by atoms with Crippen molar-refractivity contribution in [1.29, 1.82) is 0 Å². The van der Waals surface area contributed by atoms with Gasteiger partial charge in [0.1, 0.15) is 18.2 Å². The van der Waals surface area contributed by atoms with Crippen molar-refractivity contribution in [1.82, 2.24) is 10.2 Å². The highest BCUT2D eigenvalue weighted by Crippen LogP contribution is 2.61. The molecule has 2 aromatic rings. The minimum Gasteiger partial charge on any atom is -0.463 e. The number of amides is 3. The molecule has 2 N–H and O–H groups in total. The monoisotopic (exact) mass is 806 g/mol. The van der Waals surface area contributed by atoms with Crippen LogP contribution in [0.5, 0.6) is 0 Å². The molecule has 3 amide bonds. The number of esters is 1. The topological polar surface area (TPSA) is 129 Å². The molecule has 292 valence electrons. The Balaban J connectivity index is 1.53. The summed E-state index contributed by atoms with van der Waals surface area (Å²) in [7, 11) is 0. The van der Waals surface area contributed by atoms with Crippen LogP contribution in [0.15, 0.2) is 79.9 Å². The van der Waals surface area contributed by atoms with Gasteiger partial charge in [0.25, 0.3) is 5.91 Å². The standard InChI is InChI=1S/C42H55BrN4O7/c1-7-11-17-34(49)53-26-33(28-15-13-12-14-16-28)44-39(50)35-36-40(51)47(31(25-48)23-27(5)6)38(42(36)24-32(43)37(35)54-42)41(52)46(22-8-2)30-20-18-29(19-21-30)45(9-3)10-4/h7-8,12-16,18-21,27,31-33,35-38,48H,1-2,9-11,17,22-26H2,3-6H3,(H,44,50)/t31-,32?,33+,35+,36-,37+,38+,42-/m1/s1. The summed E-state index contributed by atoms with van der Waals surface area (Å²) < 4.78 is 12.4. The number of nitrogens with zero attached hydrogens (tertiary/aromatic N) is 3. The number of aliphatic hydroxyl groups is 1. The van der Waals surface area contributed by atoms with E-state index >= 15 is 4.79 Å². The highest BCUT2D eigenvalue weighted by Gasteiger charge is 2.77. The van der Waals surface area contributed by atoms with E-state index in [1.165, 1.54) is 4.90 Å². The lowest BCUT2D eigenvalue weighted by atomic mass is 9.70. The number of anilines is 2. The van der Waals surface area contributed by atoms with Gasteiger partial charge in [0.15, 0.2) is 0 Å². The Morgan fingerprint density at radius 2 is 1.74 bits per heavy atom. The quantitative estimate of drug-likeness (QED) is 0.107. The van der Waals surface area contributed by atoms with Crippen LogP contribution in [0.25, 0.3) is 0 Å². The summed E-state index contributed by atoms with van der Waals surface area (Å²) in [6, 6.07) is 14.5. The number of halogens is 1. The average Bonchev–Trinajstić information content (AvgIpc) is 3.77. The number of carbonyl (C=O) groups excluding carboxylic acids is 4. The molecule has 8 atom stereocenters. The van der Waals surface area contributed by atoms with Crippen molar-refractivity contribution in [2.75, 3.05) is 42.6 Å². The summed E-state index contributed by atoms with van der Waals surface area (Å²) in [5, 5.41) is 13.9. The summed E-state index contributed by atoms with van der Waals surface area (Å²) in [6.07, 6.45) is 3.97. The molecule has 2 aromatic carbocycles. The Hall–Kier alpha value is -4.00. The number of aliphatic hydroxyl groups excluding tert-OH is 1. The van der Waals surface area contributed by atoms with Crippen LogP contribution in [-0.4, -0.2) is 95.2 Å². The van der Waals surface area contributed by atoms with Crippen LogP contribution >= 0.6 is 15.9 Å². The van der Waals surface area contributed by atoms with Crippen molar-refractivity contribution in [3.63, 3.8) is 0 Å². The molecule has 11 nitrogen and oxygen atoms in total. The fraction of sp³-hybridized carbons (Fsp3) is 0.524. The van der Waals surface area contributed by atoms with Gasteiger partial charge in [0, 0.05) is 42.3 Å². The second kappa shape index (κ2) is 18.1. The fourth-order valence-corrected chi connectivity index (χ4v) is 9.48. The first-order valence-corrected chi connectivity index (χ1v) is 20.0. The van der Waals surface area contributed by atoms with Crippen LogP contribution in [-0.2, 0) is 28.7 Å². The highest BCUT2D eigenvalue weighted by atomic mass is 79.9. The fourth-order valence-electron chi connectivity index (χ4n) is 8.53. The normalized spacial score (nSPS) is 25.2. The molecule has 3 heterocycles. The van der Waals surface area contributed by atoms with Crippen LogP contribution in [0.4, 0.5) is 11.4 Å². The maximum Gasteiger partial charge on any atom is 0.306 e. The summed E-state index contributed by atoms with van der Waals surface area (Å²) >= 11 is 3.77. The van der Waals surface area contributed by atoms with Gasteiger partial charge in [0.2, 0.25) is 11.8 Å². The maximum absolute atomic E-state index is 15.2. The summed E-state index contributed by atoms with van der Waals surface area (Å²) in [6.45, 7) is 17.1. The lowest BCUT2D eigenvalue weighted by molar-refractivity contribution is -0.146. The lowest BCUT2D eigenvalue weighted by Crippen LogP contribution is -2.59. The van der Waals surface area contributed by atoms with Crippen molar-refractivity contribution < 1.29 is 33.8 Å². The van der Waals surface area contributed by atoms with Gasteiger partial charge in [-0.2, -0.15) is 0 Å². The largest absolute Gasteiger partial charge is 0.463 e. The van der Waals surface area contributed by atoms with Crippen molar-refractivity contribution in [2.45, 2.75) is 88.0 Å². The van der Waals surface area contributed by atoms with Gasteiger partial charge in [-0.3, -0.25) is 19.2 Å². The molecule has 3 aliphatic rings. The Kier molecular flexibility index (Phi) is 13.8. The third-order valence-electron chi connectivity index (χ3n) is 11.0. The average molecular weight is 808 g/mol. The molecule has 2 bridgehead atoms. The molecular formula is C42H55BrN4O7. The zero-order valence-electron chi connectivity index (χ0n) is 31.9. The molecule has 54 heavy (non-hydrogen) atoms. The van der Waals surface area contributed by atoms with E-state index in [0.29, 0.717) is 24.9 Å². The smallest absolute Gasteiger partial charge is 0.306 e. The third kappa shape index (κ3) is 8.16. The molecule has 1 spiro atoms. The molecule has 0 radical (unpaired) electrons. The van der Waals surface area contributed by atoms with E-state index in [4.69, 9.17) is 9.47 Å². The first-order valence-electron chi connectivity index (χ1n) is 19.1. The summed E-state index contributed by atoms with van der Waals surface area (Å²) in [5.74, 6) is -3.46. The van der Waals surface area contributed by atoms with Crippen molar-refractivity contribution in [3.8, 4) is 0 Å². The molecule has 3 fully saturated rings. The SMILES string of the molecule is C=CCCC(=O)OC[C@H](NC(=O)[C@@H]1[C@H]2O[C@@]3(CC2Br)[C@H](C(=O)N(CC=C)c2ccc(N(CC)CC)cc2)N([C@@H](CO)CC(C)C)C(=O)[C@@H]13)c1ccccc1. The van der Waals surface area contributed by atoms with Gasteiger partial charge in [-0.1, -0.05) is 72.3 Å². The number of hydrogen-bond donors (Lipinski definition) is 2. The van der Waals surface area contributed by atoms with Gasteiger partial charge in [0.05, 0.1) is 36.6 Å². The van der Waals surface area contributed by atoms with Crippen molar-refractivity contribution in [3.05, 3.63) is 85.5 Å². The van der Waals surface area contributed by atoms with Gasteiger partial charge in [-0.15, -0.1) is 13.2 Å². The molecule has 5 rings (SSSR count). The van der Waals surface area contributed by atoms with Crippen LogP contribution in [0.2, 0.25) is 0 Å². The van der Waals surface area contributed by atoms with Crippen LogP contribution in [0.1, 0.15) is 65.0 Å². The number of nitrogens with one attached hydrogen (secondary N) is 1.